The predicted molar refractivity (Wildman–Crippen MR) is 106 cm³/mol. The number of hydrogen-bond donors (Lipinski definition) is 1. The zero-order valence-corrected chi connectivity index (χ0v) is 17.4. The Balaban J connectivity index is 1.92. The number of nitrogens with one attached hydrogen (secondary N) is 1. The molecule has 29 heavy (non-hydrogen) atoms. The number of aryl methyl sites for hydroxylation is 1. The van der Waals surface area contributed by atoms with Crippen molar-refractivity contribution in [2.75, 3.05) is 7.11 Å². The first kappa shape index (κ1) is 21.1. The van der Waals surface area contributed by atoms with E-state index in [0.717, 1.165) is 12.1 Å². The fraction of sp³-hybridized carbons (Fsp3) is 0.111. The van der Waals surface area contributed by atoms with Crippen LogP contribution in [0.3, 0.4) is 0 Å². The Morgan fingerprint density at radius 1 is 1.17 bits per heavy atom. The summed E-state index contributed by atoms with van der Waals surface area (Å²) in [6, 6.07) is 7.92. The second-order valence-electron chi connectivity index (χ2n) is 5.90. The lowest BCUT2D eigenvalue weighted by molar-refractivity contribution is 0.0977. The number of ether oxygens (including phenoxy) is 1. The van der Waals surface area contributed by atoms with Crippen LogP contribution in [0.4, 0.5) is 4.39 Å². The molecule has 3 aromatic rings. The van der Waals surface area contributed by atoms with Crippen LogP contribution in [0.2, 0.25) is 10.0 Å². The van der Waals surface area contributed by atoms with Crippen molar-refractivity contribution in [1.82, 2.24) is 14.3 Å². The van der Waals surface area contributed by atoms with Crippen LogP contribution in [-0.2, 0) is 10.0 Å². The number of carbonyl (C=O) groups is 1. The lowest BCUT2D eigenvalue weighted by atomic mass is 10.3. The Morgan fingerprint density at radius 3 is 2.45 bits per heavy atom. The minimum absolute atomic E-state index is 0.122. The van der Waals surface area contributed by atoms with E-state index in [2.05, 4.69) is 4.98 Å². The molecule has 1 aromatic heterocycles. The zero-order chi connectivity index (χ0) is 21.3. The number of carbonyl (C=O) groups excluding carboxylic acids is 1. The molecule has 1 N–H and O–H groups in total. The maximum Gasteiger partial charge on any atom is 0.285 e. The van der Waals surface area contributed by atoms with Crippen molar-refractivity contribution in [3.63, 3.8) is 0 Å². The van der Waals surface area contributed by atoms with Gasteiger partial charge in [-0.25, -0.2) is 22.5 Å². The Kier molecular flexibility index (Phi) is 5.83. The van der Waals surface area contributed by atoms with Gasteiger partial charge in [0, 0.05) is 28.0 Å². The summed E-state index contributed by atoms with van der Waals surface area (Å²) in [5, 5.41) is 0.755. The molecule has 2 aromatic carbocycles. The zero-order valence-electron chi connectivity index (χ0n) is 15.1. The molecular weight excluding hydrogens is 444 g/mol. The molecule has 11 heteroatoms. The topological polar surface area (TPSA) is 90.3 Å². The highest BCUT2D eigenvalue weighted by molar-refractivity contribution is 7.90. The summed E-state index contributed by atoms with van der Waals surface area (Å²) >= 11 is 12.0. The molecule has 1 heterocycles. The fourth-order valence-electron chi connectivity index (χ4n) is 2.57. The summed E-state index contributed by atoms with van der Waals surface area (Å²) in [4.78, 5) is 15.8. The van der Waals surface area contributed by atoms with E-state index in [4.69, 9.17) is 27.9 Å². The highest BCUT2D eigenvalue weighted by atomic mass is 35.5. The first-order valence-electron chi connectivity index (χ1n) is 8.04. The molecule has 0 unspecified atom stereocenters. The van der Waals surface area contributed by atoms with Crippen molar-refractivity contribution in [3.8, 4) is 11.4 Å². The average molecular weight is 458 g/mol. The van der Waals surface area contributed by atoms with Crippen LogP contribution >= 0.6 is 23.2 Å². The van der Waals surface area contributed by atoms with Gasteiger partial charge >= 0.3 is 0 Å². The Labute approximate surface area is 176 Å². The van der Waals surface area contributed by atoms with E-state index in [1.54, 1.807) is 29.8 Å². The van der Waals surface area contributed by atoms with Crippen LogP contribution in [0, 0.1) is 12.7 Å². The standard InChI is InChI=1S/C18H14Cl2FN3O4S/c1-10-22-16(9-24(10)13-6-11(19)5-12(20)7-13)18(25)23-29(26,27)17-8-14(28-2)3-4-15(17)21/h3-9H,1-2H3,(H,23,25). The second-order valence-corrected chi connectivity index (χ2v) is 8.43. The molecule has 7 nitrogen and oxygen atoms in total. The van der Waals surface area contributed by atoms with Gasteiger partial charge in [-0.2, -0.15) is 0 Å². The highest BCUT2D eigenvalue weighted by Crippen LogP contribution is 2.24. The fourth-order valence-corrected chi connectivity index (χ4v) is 4.14. The van der Waals surface area contributed by atoms with E-state index in [1.807, 2.05) is 0 Å². The van der Waals surface area contributed by atoms with Crippen LogP contribution in [0.25, 0.3) is 5.69 Å². The van der Waals surface area contributed by atoms with Crippen molar-refractivity contribution < 1.29 is 22.3 Å². The number of amides is 1. The van der Waals surface area contributed by atoms with Crippen LogP contribution in [0.15, 0.2) is 47.5 Å². The van der Waals surface area contributed by atoms with Gasteiger partial charge in [0.25, 0.3) is 15.9 Å². The van der Waals surface area contributed by atoms with Crippen molar-refractivity contribution in [3.05, 3.63) is 70.0 Å². The minimum Gasteiger partial charge on any atom is -0.497 e. The Bertz CT molecular complexity index is 1190. The summed E-state index contributed by atoms with van der Waals surface area (Å²) in [5.41, 5.74) is 0.346. The second kappa shape index (κ2) is 8.02. The van der Waals surface area contributed by atoms with E-state index >= 15 is 0 Å². The minimum atomic E-state index is -4.50. The van der Waals surface area contributed by atoms with Gasteiger partial charge in [0.05, 0.1) is 7.11 Å². The van der Waals surface area contributed by atoms with Crippen molar-refractivity contribution in [2.45, 2.75) is 11.8 Å². The molecule has 0 aliphatic heterocycles. The number of imidazole rings is 1. The number of benzene rings is 2. The number of aromatic nitrogens is 2. The van der Waals surface area contributed by atoms with Crippen molar-refractivity contribution >= 4 is 39.1 Å². The van der Waals surface area contributed by atoms with Crippen LogP contribution in [-0.4, -0.2) is 31.0 Å². The number of rotatable bonds is 5. The number of nitrogens with zero attached hydrogens (tertiary/aromatic N) is 2. The van der Waals surface area contributed by atoms with E-state index in [0.29, 0.717) is 21.6 Å². The third kappa shape index (κ3) is 4.52. The molecule has 0 atom stereocenters. The molecular formula is C18H14Cl2FN3O4S. The first-order valence-corrected chi connectivity index (χ1v) is 10.3. The van der Waals surface area contributed by atoms with Crippen molar-refractivity contribution in [1.29, 1.82) is 0 Å². The summed E-state index contributed by atoms with van der Waals surface area (Å²) in [5.74, 6) is -1.54. The van der Waals surface area contributed by atoms with Crippen molar-refractivity contribution in [2.24, 2.45) is 0 Å². The molecule has 3 rings (SSSR count). The summed E-state index contributed by atoms with van der Waals surface area (Å²) in [7, 11) is -3.19. The van der Waals surface area contributed by atoms with E-state index < -0.39 is 26.6 Å². The van der Waals surface area contributed by atoms with Gasteiger partial charge in [0.2, 0.25) is 0 Å². The molecule has 0 radical (unpaired) electrons. The molecule has 0 aliphatic carbocycles. The quantitative estimate of drug-likeness (QED) is 0.629. The molecule has 152 valence electrons. The largest absolute Gasteiger partial charge is 0.497 e. The van der Waals surface area contributed by atoms with Gasteiger partial charge in [-0.3, -0.25) is 4.79 Å². The molecule has 0 saturated heterocycles. The van der Waals surface area contributed by atoms with Crippen LogP contribution in [0.5, 0.6) is 5.75 Å². The Morgan fingerprint density at radius 2 is 1.83 bits per heavy atom. The SMILES string of the molecule is COc1ccc(F)c(S(=O)(=O)NC(=O)c2cn(-c3cc(Cl)cc(Cl)c3)c(C)n2)c1. The predicted octanol–water partition coefficient (Wildman–Crippen LogP) is 3.75. The molecule has 0 spiro atoms. The lowest BCUT2D eigenvalue weighted by Gasteiger charge is -2.08. The summed E-state index contributed by atoms with van der Waals surface area (Å²) in [6.07, 6.45) is 1.32. The molecule has 1 amide bonds. The lowest BCUT2D eigenvalue weighted by Crippen LogP contribution is -2.31. The van der Waals surface area contributed by atoms with Gasteiger partial charge in [-0.1, -0.05) is 23.2 Å². The van der Waals surface area contributed by atoms with E-state index in [9.17, 15) is 17.6 Å². The summed E-state index contributed by atoms with van der Waals surface area (Å²) < 4.78 is 47.1. The third-order valence-corrected chi connectivity index (χ3v) is 5.68. The van der Waals surface area contributed by atoms with E-state index in [-0.39, 0.29) is 11.4 Å². The summed E-state index contributed by atoms with van der Waals surface area (Å²) in [6.45, 7) is 1.61. The number of hydrogen-bond acceptors (Lipinski definition) is 5. The van der Waals surface area contributed by atoms with Gasteiger partial charge in [-0.15, -0.1) is 0 Å². The number of sulfonamides is 1. The molecule has 0 aliphatic rings. The third-order valence-electron chi connectivity index (χ3n) is 3.90. The van der Waals surface area contributed by atoms with Gasteiger partial charge < -0.3 is 9.30 Å². The highest BCUT2D eigenvalue weighted by Gasteiger charge is 2.25. The number of methoxy groups -OCH3 is 1. The molecule has 0 saturated carbocycles. The smallest absolute Gasteiger partial charge is 0.285 e. The first-order chi connectivity index (χ1) is 13.6. The normalized spacial score (nSPS) is 11.3. The maximum absolute atomic E-state index is 14.0. The average Bonchev–Trinajstić information content (AvgIpc) is 3.03. The van der Waals surface area contributed by atoms with Crippen LogP contribution < -0.4 is 9.46 Å². The molecule has 0 fully saturated rings. The van der Waals surface area contributed by atoms with Gasteiger partial charge in [0.1, 0.15) is 28.0 Å². The monoisotopic (exact) mass is 457 g/mol. The van der Waals surface area contributed by atoms with Gasteiger partial charge in [0.15, 0.2) is 0 Å². The number of halogens is 3. The van der Waals surface area contributed by atoms with E-state index in [1.165, 1.54) is 23.9 Å². The van der Waals surface area contributed by atoms with Gasteiger partial charge in [-0.05, 0) is 37.3 Å². The van der Waals surface area contributed by atoms with Crippen LogP contribution in [0.1, 0.15) is 16.3 Å². The molecule has 0 bridgehead atoms. The Hall–Kier alpha value is -2.62. The maximum atomic E-state index is 14.0.